The van der Waals surface area contributed by atoms with Crippen LogP contribution < -0.4 is 20.3 Å². The first-order valence-electron chi connectivity index (χ1n) is 13.1. The summed E-state index contributed by atoms with van der Waals surface area (Å²) in [4.78, 5) is 27.3. The Balaban J connectivity index is 1.89. The van der Waals surface area contributed by atoms with Gasteiger partial charge >= 0.3 is 0 Å². The van der Waals surface area contributed by atoms with Gasteiger partial charge in [-0.3, -0.25) is 9.59 Å². The van der Waals surface area contributed by atoms with Crippen molar-refractivity contribution in [2.24, 2.45) is 0 Å². The summed E-state index contributed by atoms with van der Waals surface area (Å²) in [6.45, 7) is 5.31. The van der Waals surface area contributed by atoms with E-state index in [2.05, 4.69) is 30.2 Å². The van der Waals surface area contributed by atoms with Crippen LogP contribution in [0.3, 0.4) is 0 Å². The summed E-state index contributed by atoms with van der Waals surface area (Å²) in [6.07, 6.45) is 10.1. The van der Waals surface area contributed by atoms with Crippen molar-refractivity contribution in [1.29, 1.82) is 0 Å². The zero-order valence-corrected chi connectivity index (χ0v) is 23.2. The first kappa shape index (κ1) is 29.6. The monoisotopic (exact) mass is 513 g/mol. The van der Waals surface area contributed by atoms with E-state index in [0.29, 0.717) is 30.0 Å². The van der Waals surface area contributed by atoms with E-state index in [1.165, 1.54) is 44.9 Å². The van der Waals surface area contributed by atoms with Gasteiger partial charge in [0.25, 0.3) is 11.8 Å². The summed E-state index contributed by atoms with van der Waals surface area (Å²) in [5.41, 5.74) is 2.40. The maximum Gasteiger partial charge on any atom is 0.255 e. The molecule has 0 aromatic heterocycles. The Labute approximate surface area is 222 Å². The number of anilines is 2. The van der Waals surface area contributed by atoms with Gasteiger partial charge < -0.3 is 20.3 Å². The smallest absolute Gasteiger partial charge is 0.255 e. The quantitative estimate of drug-likeness (QED) is 0.175. The van der Waals surface area contributed by atoms with Crippen molar-refractivity contribution in [2.45, 2.75) is 70.5 Å². The maximum absolute atomic E-state index is 12.9. The molecule has 2 rings (SSSR count). The fourth-order valence-corrected chi connectivity index (χ4v) is 3.92. The first-order chi connectivity index (χ1) is 17.3. The highest BCUT2D eigenvalue weighted by Gasteiger charge is 2.15. The van der Waals surface area contributed by atoms with Gasteiger partial charge in [-0.1, -0.05) is 58.8 Å². The molecule has 2 amide bonds. The Kier molecular flexibility index (Phi) is 13.3. The molecule has 0 aliphatic rings. The number of hydrogen-bond donors (Lipinski definition) is 3. The number of nitrogens with zero attached hydrogens (tertiary/aromatic N) is 1. The van der Waals surface area contributed by atoms with E-state index in [1.54, 1.807) is 24.3 Å². The van der Waals surface area contributed by atoms with Crippen LogP contribution in [0.25, 0.3) is 0 Å². The second-order valence-electron chi connectivity index (χ2n) is 9.49. The summed E-state index contributed by atoms with van der Waals surface area (Å²) in [6, 6.07) is 12.5. The topological polar surface area (TPSA) is 70.7 Å². The standard InChI is InChI=1S/C29H43N3O3S/c1-5-6-7-8-9-10-11-12-19-35-25-16-13-23(14-17-25)29(34)31-26-20-24(15-18-27(26)32(3)4)28(33)30-21-22(2)36/h13-18,20,22,36H,5-12,19,21H2,1-4H3,(H,30,33)(H,31,34). The minimum absolute atomic E-state index is 0.0569. The lowest BCUT2D eigenvalue weighted by Crippen LogP contribution is -2.28. The molecule has 0 aliphatic heterocycles. The second kappa shape index (κ2) is 16.1. The number of nitrogens with one attached hydrogen (secondary N) is 2. The third kappa shape index (κ3) is 10.5. The molecule has 0 saturated carbocycles. The average molecular weight is 514 g/mol. The lowest BCUT2D eigenvalue weighted by molar-refractivity contribution is 0.0952. The zero-order chi connectivity index (χ0) is 26.3. The Hall–Kier alpha value is -2.67. The predicted octanol–water partition coefficient (Wildman–Crippen LogP) is 6.57. The molecule has 0 aliphatic carbocycles. The molecule has 7 heteroatoms. The molecule has 0 saturated heterocycles. The van der Waals surface area contributed by atoms with Crippen LogP contribution in [0.15, 0.2) is 42.5 Å². The maximum atomic E-state index is 12.9. The number of rotatable bonds is 16. The first-order valence-corrected chi connectivity index (χ1v) is 13.6. The fourth-order valence-electron chi connectivity index (χ4n) is 3.83. The molecule has 0 spiro atoms. The number of carbonyl (C=O) groups excluding carboxylic acids is 2. The van der Waals surface area contributed by atoms with E-state index in [1.807, 2.05) is 44.1 Å². The van der Waals surface area contributed by atoms with Gasteiger partial charge in [0, 0.05) is 37.0 Å². The molecule has 2 N–H and O–H groups in total. The molecule has 0 radical (unpaired) electrons. The largest absolute Gasteiger partial charge is 0.494 e. The van der Waals surface area contributed by atoms with Crippen LogP contribution >= 0.6 is 12.6 Å². The summed E-state index contributed by atoms with van der Waals surface area (Å²) >= 11 is 4.30. The van der Waals surface area contributed by atoms with E-state index in [4.69, 9.17) is 4.74 Å². The Bertz CT molecular complexity index is 945. The number of benzene rings is 2. The normalized spacial score (nSPS) is 11.6. The van der Waals surface area contributed by atoms with Crippen LogP contribution in [0.4, 0.5) is 11.4 Å². The lowest BCUT2D eigenvalue weighted by atomic mass is 10.1. The number of unbranched alkanes of at least 4 members (excludes halogenated alkanes) is 7. The van der Waals surface area contributed by atoms with Gasteiger partial charge in [0.05, 0.1) is 18.0 Å². The molecule has 1 unspecified atom stereocenters. The van der Waals surface area contributed by atoms with Crippen LogP contribution in [-0.4, -0.2) is 44.3 Å². The number of ether oxygens (including phenoxy) is 1. The number of carbonyl (C=O) groups is 2. The predicted molar refractivity (Wildman–Crippen MR) is 154 cm³/mol. The number of thiol groups is 1. The zero-order valence-electron chi connectivity index (χ0n) is 22.3. The SMILES string of the molecule is CCCCCCCCCCOc1ccc(C(=O)Nc2cc(C(=O)NCC(C)S)ccc2N(C)C)cc1. The minimum atomic E-state index is -0.241. The van der Waals surface area contributed by atoms with Gasteiger partial charge in [0.15, 0.2) is 0 Å². The van der Waals surface area contributed by atoms with Crippen LogP contribution in [0.5, 0.6) is 5.75 Å². The molecule has 0 bridgehead atoms. The van der Waals surface area contributed by atoms with Crippen molar-refractivity contribution >= 4 is 35.8 Å². The molecule has 36 heavy (non-hydrogen) atoms. The van der Waals surface area contributed by atoms with Crippen LogP contribution in [0, 0.1) is 0 Å². The Morgan fingerprint density at radius 3 is 2.11 bits per heavy atom. The van der Waals surface area contributed by atoms with Gasteiger partial charge in [0.2, 0.25) is 0 Å². The van der Waals surface area contributed by atoms with E-state index in [0.717, 1.165) is 17.9 Å². The molecule has 6 nitrogen and oxygen atoms in total. The van der Waals surface area contributed by atoms with Crippen molar-refractivity contribution in [2.75, 3.05) is 37.5 Å². The van der Waals surface area contributed by atoms with Crippen LogP contribution in [0.2, 0.25) is 0 Å². The number of amides is 2. The van der Waals surface area contributed by atoms with Crippen molar-refractivity contribution in [3.05, 3.63) is 53.6 Å². The van der Waals surface area contributed by atoms with Gasteiger partial charge in [-0.2, -0.15) is 12.6 Å². The summed E-state index contributed by atoms with van der Waals surface area (Å²) in [7, 11) is 3.79. The van der Waals surface area contributed by atoms with Gasteiger partial charge in [0.1, 0.15) is 5.75 Å². The van der Waals surface area contributed by atoms with Gasteiger partial charge in [-0.05, 0) is 48.9 Å². The van der Waals surface area contributed by atoms with Gasteiger partial charge in [-0.15, -0.1) is 0 Å². The molecule has 0 fully saturated rings. The molecule has 198 valence electrons. The van der Waals surface area contributed by atoms with Crippen molar-refractivity contribution in [3.63, 3.8) is 0 Å². The van der Waals surface area contributed by atoms with Crippen molar-refractivity contribution in [1.82, 2.24) is 5.32 Å². The van der Waals surface area contributed by atoms with E-state index < -0.39 is 0 Å². The highest BCUT2D eigenvalue weighted by molar-refractivity contribution is 7.80. The third-order valence-corrected chi connectivity index (χ3v) is 6.11. The average Bonchev–Trinajstić information content (AvgIpc) is 2.86. The summed E-state index contributed by atoms with van der Waals surface area (Å²) in [5, 5.41) is 5.86. The fraction of sp³-hybridized carbons (Fsp3) is 0.517. The highest BCUT2D eigenvalue weighted by atomic mass is 32.1. The molecule has 1 atom stereocenters. The van der Waals surface area contributed by atoms with E-state index in [-0.39, 0.29) is 17.1 Å². The van der Waals surface area contributed by atoms with E-state index >= 15 is 0 Å². The molecule has 2 aromatic rings. The minimum Gasteiger partial charge on any atom is -0.494 e. The molecule has 0 heterocycles. The highest BCUT2D eigenvalue weighted by Crippen LogP contribution is 2.27. The molecule has 2 aromatic carbocycles. The van der Waals surface area contributed by atoms with Crippen molar-refractivity contribution < 1.29 is 14.3 Å². The lowest BCUT2D eigenvalue weighted by Gasteiger charge is -2.19. The van der Waals surface area contributed by atoms with Crippen LogP contribution in [0.1, 0.15) is 85.9 Å². The van der Waals surface area contributed by atoms with Crippen molar-refractivity contribution in [3.8, 4) is 5.75 Å². The summed E-state index contributed by atoms with van der Waals surface area (Å²) < 4.78 is 5.85. The Morgan fingerprint density at radius 1 is 0.889 bits per heavy atom. The molecular weight excluding hydrogens is 470 g/mol. The Morgan fingerprint density at radius 2 is 1.50 bits per heavy atom. The third-order valence-electron chi connectivity index (χ3n) is 5.93. The van der Waals surface area contributed by atoms with Crippen LogP contribution in [-0.2, 0) is 0 Å². The molecular formula is C29H43N3O3S. The second-order valence-corrected chi connectivity index (χ2v) is 10.4. The number of hydrogen-bond acceptors (Lipinski definition) is 5. The summed E-state index contributed by atoms with van der Waals surface area (Å²) in [5.74, 6) is 0.324. The van der Waals surface area contributed by atoms with E-state index in [9.17, 15) is 9.59 Å². The van der Waals surface area contributed by atoms with Gasteiger partial charge in [-0.25, -0.2) is 0 Å².